The third-order valence-corrected chi connectivity index (χ3v) is 2.43. The molecule has 0 aromatic carbocycles. The Bertz CT molecular complexity index is 126. The molecule has 14 heavy (non-hydrogen) atoms. The minimum absolute atomic E-state index is 0.587. The first-order chi connectivity index (χ1) is 6.60. The summed E-state index contributed by atoms with van der Waals surface area (Å²) in [5.41, 5.74) is 0. The smallest absolute Gasteiger partial charge is 0.0163 e. The molecule has 3 nitrogen and oxygen atoms in total. The summed E-state index contributed by atoms with van der Waals surface area (Å²) in [5, 5.41) is 3.29. The van der Waals surface area contributed by atoms with Gasteiger partial charge in [0.15, 0.2) is 0 Å². The largest absolute Gasteiger partial charge is 0.316 e. The Morgan fingerprint density at radius 3 is 2.21 bits per heavy atom. The maximum absolute atomic E-state index is 3.29. The standard InChI is InChI=1S/C11H27N3/c1-6-7-14(9-8-13(4)5)10-11(2)12-3/h11-12H,6-10H2,1-5H3. The zero-order chi connectivity index (χ0) is 11.0. The molecule has 0 saturated carbocycles. The van der Waals surface area contributed by atoms with Crippen LogP contribution < -0.4 is 5.32 Å². The second-order valence-electron chi connectivity index (χ2n) is 4.29. The summed E-state index contributed by atoms with van der Waals surface area (Å²) in [4.78, 5) is 4.77. The van der Waals surface area contributed by atoms with Gasteiger partial charge in [0.25, 0.3) is 0 Å². The molecule has 0 aliphatic rings. The SMILES string of the molecule is CCCN(CCN(C)C)CC(C)NC. The first kappa shape index (κ1) is 13.9. The van der Waals surface area contributed by atoms with E-state index in [2.05, 4.69) is 43.1 Å². The average Bonchev–Trinajstić information content (AvgIpc) is 2.14. The molecule has 0 radical (unpaired) electrons. The molecule has 0 rings (SSSR count). The van der Waals surface area contributed by atoms with E-state index in [9.17, 15) is 0 Å². The van der Waals surface area contributed by atoms with Crippen molar-refractivity contribution in [2.24, 2.45) is 0 Å². The van der Waals surface area contributed by atoms with Crippen molar-refractivity contribution in [3.63, 3.8) is 0 Å². The fourth-order valence-corrected chi connectivity index (χ4v) is 1.43. The second-order valence-corrected chi connectivity index (χ2v) is 4.29. The van der Waals surface area contributed by atoms with E-state index in [0.29, 0.717) is 6.04 Å². The molecule has 0 amide bonds. The number of nitrogens with zero attached hydrogens (tertiary/aromatic N) is 2. The summed E-state index contributed by atoms with van der Waals surface area (Å²) in [7, 11) is 6.29. The number of likely N-dealkylation sites (N-methyl/N-ethyl adjacent to an activating group) is 2. The Balaban J connectivity index is 3.76. The molecular weight excluding hydrogens is 174 g/mol. The van der Waals surface area contributed by atoms with Crippen molar-refractivity contribution in [3.05, 3.63) is 0 Å². The number of rotatable bonds is 8. The van der Waals surface area contributed by atoms with Gasteiger partial charge in [-0.15, -0.1) is 0 Å². The molecule has 0 spiro atoms. The monoisotopic (exact) mass is 201 g/mol. The van der Waals surface area contributed by atoms with Gasteiger partial charge in [-0.2, -0.15) is 0 Å². The summed E-state index contributed by atoms with van der Waals surface area (Å²) in [6.07, 6.45) is 1.24. The van der Waals surface area contributed by atoms with Gasteiger partial charge in [0.2, 0.25) is 0 Å². The van der Waals surface area contributed by atoms with Crippen molar-refractivity contribution in [1.82, 2.24) is 15.1 Å². The molecule has 0 bridgehead atoms. The fourth-order valence-electron chi connectivity index (χ4n) is 1.43. The zero-order valence-corrected chi connectivity index (χ0v) is 10.5. The molecule has 0 saturated heterocycles. The predicted molar refractivity (Wildman–Crippen MR) is 63.8 cm³/mol. The van der Waals surface area contributed by atoms with E-state index in [-0.39, 0.29) is 0 Å². The van der Waals surface area contributed by atoms with Crippen molar-refractivity contribution in [1.29, 1.82) is 0 Å². The van der Waals surface area contributed by atoms with Crippen molar-refractivity contribution in [2.45, 2.75) is 26.3 Å². The zero-order valence-electron chi connectivity index (χ0n) is 10.5. The van der Waals surface area contributed by atoms with Crippen molar-refractivity contribution < 1.29 is 0 Å². The highest BCUT2D eigenvalue weighted by Gasteiger charge is 2.07. The van der Waals surface area contributed by atoms with Gasteiger partial charge in [0.1, 0.15) is 0 Å². The predicted octanol–water partition coefficient (Wildman–Crippen LogP) is 0.868. The molecule has 0 aliphatic carbocycles. The van der Waals surface area contributed by atoms with Gasteiger partial charge in [-0.3, -0.25) is 0 Å². The molecule has 0 aromatic rings. The normalized spacial score (nSPS) is 13.9. The van der Waals surface area contributed by atoms with E-state index in [4.69, 9.17) is 0 Å². The molecule has 0 fully saturated rings. The lowest BCUT2D eigenvalue weighted by atomic mass is 10.3. The van der Waals surface area contributed by atoms with Gasteiger partial charge in [-0.1, -0.05) is 6.92 Å². The fraction of sp³-hybridized carbons (Fsp3) is 1.00. The highest BCUT2D eigenvalue weighted by Crippen LogP contribution is 1.94. The maximum atomic E-state index is 3.29. The molecule has 3 heteroatoms. The highest BCUT2D eigenvalue weighted by molar-refractivity contribution is 4.66. The lowest BCUT2D eigenvalue weighted by molar-refractivity contribution is 0.225. The summed E-state index contributed by atoms with van der Waals surface area (Å²) in [6, 6.07) is 0.587. The van der Waals surface area contributed by atoms with Crippen LogP contribution in [0.4, 0.5) is 0 Å². The average molecular weight is 201 g/mol. The number of hydrogen-bond acceptors (Lipinski definition) is 3. The Morgan fingerprint density at radius 1 is 1.14 bits per heavy atom. The van der Waals surface area contributed by atoms with Gasteiger partial charge in [-0.05, 0) is 41.0 Å². The first-order valence-corrected chi connectivity index (χ1v) is 5.64. The van der Waals surface area contributed by atoms with Crippen molar-refractivity contribution in [2.75, 3.05) is 47.3 Å². The molecule has 1 atom stereocenters. The molecule has 0 aromatic heterocycles. The molecular formula is C11H27N3. The van der Waals surface area contributed by atoms with E-state index in [1.54, 1.807) is 0 Å². The van der Waals surface area contributed by atoms with Gasteiger partial charge in [0, 0.05) is 25.7 Å². The van der Waals surface area contributed by atoms with E-state index in [0.717, 1.165) is 13.1 Å². The van der Waals surface area contributed by atoms with Gasteiger partial charge in [-0.25, -0.2) is 0 Å². The first-order valence-electron chi connectivity index (χ1n) is 5.64. The summed E-state index contributed by atoms with van der Waals surface area (Å²) in [5.74, 6) is 0. The van der Waals surface area contributed by atoms with Crippen LogP contribution in [0.25, 0.3) is 0 Å². The van der Waals surface area contributed by atoms with Crippen LogP contribution in [-0.4, -0.2) is 63.2 Å². The molecule has 1 unspecified atom stereocenters. The lowest BCUT2D eigenvalue weighted by Gasteiger charge is -2.26. The molecule has 1 N–H and O–H groups in total. The van der Waals surface area contributed by atoms with Crippen LogP contribution in [0.3, 0.4) is 0 Å². The van der Waals surface area contributed by atoms with Gasteiger partial charge >= 0.3 is 0 Å². The third-order valence-electron chi connectivity index (χ3n) is 2.43. The Hall–Kier alpha value is -0.120. The van der Waals surface area contributed by atoms with Crippen LogP contribution in [0.1, 0.15) is 20.3 Å². The Kier molecular flexibility index (Phi) is 8.14. The van der Waals surface area contributed by atoms with Crippen LogP contribution in [0, 0.1) is 0 Å². The van der Waals surface area contributed by atoms with Crippen LogP contribution >= 0.6 is 0 Å². The molecule has 0 heterocycles. The summed E-state index contributed by atoms with van der Waals surface area (Å²) < 4.78 is 0. The number of hydrogen-bond donors (Lipinski definition) is 1. The second kappa shape index (κ2) is 8.21. The topological polar surface area (TPSA) is 18.5 Å². The van der Waals surface area contributed by atoms with E-state index in [1.165, 1.54) is 19.5 Å². The number of nitrogens with one attached hydrogen (secondary N) is 1. The lowest BCUT2D eigenvalue weighted by Crippen LogP contribution is -2.40. The van der Waals surface area contributed by atoms with Crippen LogP contribution in [0.5, 0.6) is 0 Å². The van der Waals surface area contributed by atoms with E-state index >= 15 is 0 Å². The molecule has 86 valence electrons. The van der Waals surface area contributed by atoms with Crippen molar-refractivity contribution in [3.8, 4) is 0 Å². The minimum atomic E-state index is 0.587. The highest BCUT2D eigenvalue weighted by atomic mass is 15.2. The van der Waals surface area contributed by atoms with Gasteiger partial charge in [0.05, 0.1) is 0 Å². The summed E-state index contributed by atoms with van der Waals surface area (Å²) in [6.45, 7) is 9.16. The van der Waals surface area contributed by atoms with Crippen molar-refractivity contribution >= 4 is 0 Å². The van der Waals surface area contributed by atoms with E-state index < -0.39 is 0 Å². The van der Waals surface area contributed by atoms with Gasteiger partial charge < -0.3 is 15.1 Å². The molecule has 0 aliphatic heterocycles. The summed E-state index contributed by atoms with van der Waals surface area (Å²) >= 11 is 0. The van der Waals surface area contributed by atoms with E-state index in [1.807, 2.05) is 7.05 Å². The van der Waals surface area contributed by atoms with Crippen LogP contribution in [0.15, 0.2) is 0 Å². The Labute approximate surface area is 89.5 Å². The maximum Gasteiger partial charge on any atom is 0.0163 e. The van der Waals surface area contributed by atoms with Crippen LogP contribution in [-0.2, 0) is 0 Å². The quantitative estimate of drug-likeness (QED) is 0.628. The van der Waals surface area contributed by atoms with Crippen LogP contribution in [0.2, 0.25) is 0 Å². The minimum Gasteiger partial charge on any atom is -0.316 e. The third kappa shape index (κ3) is 7.30. The Morgan fingerprint density at radius 2 is 1.79 bits per heavy atom.